The van der Waals surface area contributed by atoms with E-state index in [4.69, 9.17) is 14.2 Å². The van der Waals surface area contributed by atoms with E-state index in [1.807, 2.05) is 36.4 Å². The molecule has 0 aliphatic carbocycles. The number of esters is 1. The molecule has 1 aliphatic heterocycles. The van der Waals surface area contributed by atoms with Gasteiger partial charge in [0.2, 0.25) is 11.8 Å². The van der Waals surface area contributed by atoms with Gasteiger partial charge >= 0.3 is 12.1 Å². The maximum absolute atomic E-state index is 14.7. The molecular weight excluding hydrogens is 662 g/mol. The first kappa shape index (κ1) is 37.0. The predicted octanol–water partition coefficient (Wildman–Crippen LogP) is 6.77. The first-order valence-electron chi connectivity index (χ1n) is 16.9. The third-order valence-corrected chi connectivity index (χ3v) is 7.78. The van der Waals surface area contributed by atoms with Crippen LogP contribution >= 0.6 is 0 Å². The fourth-order valence-electron chi connectivity index (χ4n) is 5.70. The first-order valence-corrected chi connectivity index (χ1v) is 16.9. The molecule has 0 spiro atoms. The van der Waals surface area contributed by atoms with E-state index in [1.165, 1.54) is 4.90 Å². The number of fused-ring (bicyclic) bond motifs is 1. The summed E-state index contributed by atoms with van der Waals surface area (Å²) in [5.74, 6) is 4.94. The molecule has 268 valence electrons. The Kier molecular flexibility index (Phi) is 11.5. The summed E-state index contributed by atoms with van der Waals surface area (Å²) in [7, 11) is 0. The SMILES string of the molecule is CCOC(=O)CC(C)N1C(=O)c2cc(C#CCOc3cc(C)nc(NC(=O)OC(C)(C)C)n3)ccc2N(c2ccccc2)C(=O)C1c1ccccc1. The average Bonchev–Trinajstić information content (AvgIpc) is 3.18. The quantitative estimate of drug-likeness (QED) is 0.148. The number of carbonyl (C=O) groups is 4. The number of anilines is 3. The van der Waals surface area contributed by atoms with Crippen LogP contribution in [0.15, 0.2) is 84.9 Å². The highest BCUT2D eigenvalue weighted by atomic mass is 16.6. The Morgan fingerprint density at radius 1 is 0.962 bits per heavy atom. The zero-order chi connectivity index (χ0) is 37.4. The van der Waals surface area contributed by atoms with E-state index in [2.05, 4.69) is 27.1 Å². The Bertz CT molecular complexity index is 2000. The van der Waals surface area contributed by atoms with Gasteiger partial charge < -0.3 is 19.1 Å². The van der Waals surface area contributed by atoms with Crippen molar-refractivity contribution in [2.75, 3.05) is 23.4 Å². The van der Waals surface area contributed by atoms with Crippen molar-refractivity contribution in [1.29, 1.82) is 0 Å². The number of carbonyl (C=O) groups excluding carboxylic acids is 4. The van der Waals surface area contributed by atoms with E-state index in [-0.39, 0.29) is 42.9 Å². The standard InChI is InChI=1S/C40H41N5O7/c1-7-50-34(46)24-27(3)44-35(29-16-10-8-11-17-29)37(48)45(30-18-12-9-13-19-30)32-21-20-28(25-31(32)36(44)47)15-14-22-51-33-23-26(2)41-38(42-33)43-39(49)52-40(4,5)6/h8-13,16-21,23,25,27,35H,7,22,24H2,1-6H3,(H,41,42,43,49). The van der Waals surface area contributed by atoms with Crippen LogP contribution in [-0.4, -0.2) is 63.6 Å². The molecule has 1 aromatic heterocycles. The lowest BCUT2D eigenvalue weighted by molar-refractivity contribution is -0.144. The first-order chi connectivity index (χ1) is 24.8. The van der Waals surface area contributed by atoms with Crippen molar-refractivity contribution in [3.63, 3.8) is 0 Å². The van der Waals surface area contributed by atoms with Crippen LogP contribution in [0.2, 0.25) is 0 Å². The number of nitrogens with one attached hydrogen (secondary N) is 1. The molecule has 2 atom stereocenters. The number of hydrogen-bond acceptors (Lipinski definition) is 9. The Morgan fingerprint density at radius 3 is 2.33 bits per heavy atom. The van der Waals surface area contributed by atoms with Gasteiger partial charge in [0, 0.05) is 29.1 Å². The van der Waals surface area contributed by atoms with Crippen molar-refractivity contribution < 1.29 is 33.4 Å². The van der Waals surface area contributed by atoms with E-state index in [9.17, 15) is 19.2 Å². The molecule has 1 N–H and O–H groups in total. The third kappa shape index (κ3) is 9.11. The Morgan fingerprint density at radius 2 is 1.65 bits per heavy atom. The van der Waals surface area contributed by atoms with Gasteiger partial charge in [0.15, 0.2) is 6.61 Å². The summed E-state index contributed by atoms with van der Waals surface area (Å²) in [5.41, 5.74) is 2.17. The van der Waals surface area contributed by atoms with Crippen LogP contribution < -0.4 is 15.0 Å². The number of hydrogen-bond donors (Lipinski definition) is 1. The molecule has 0 saturated heterocycles. The molecule has 3 aromatic carbocycles. The second-order valence-electron chi connectivity index (χ2n) is 13.0. The van der Waals surface area contributed by atoms with Crippen molar-refractivity contribution in [1.82, 2.24) is 14.9 Å². The lowest BCUT2D eigenvalue weighted by atomic mass is 10.0. The molecule has 0 fully saturated rings. The van der Waals surface area contributed by atoms with Crippen LogP contribution in [0.3, 0.4) is 0 Å². The van der Waals surface area contributed by atoms with Crippen molar-refractivity contribution in [2.45, 2.75) is 65.6 Å². The van der Waals surface area contributed by atoms with E-state index < -0.39 is 35.7 Å². The molecule has 52 heavy (non-hydrogen) atoms. The Hall–Kier alpha value is -6.22. The van der Waals surface area contributed by atoms with Gasteiger partial charge in [-0.05, 0) is 77.4 Å². The molecule has 12 nitrogen and oxygen atoms in total. The van der Waals surface area contributed by atoms with Gasteiger partial charge in [-0.15, -0.1) is 0 Å². The molecule has 2 heterocycles. The Labute approximate surface area is 303 Å². The maximum Gasteiger partial charge on any atom is 0.414 e. The minimum absolute atomic E-state index is 0.0227. The number of ether oxygens (including phenoxy) is 3. The summed E-state index contributed by atoms with van der Waals surface area (Å²) in [4.78, 5) is 65.7. The molecule has 0 bridgehead atoms. The smallest absolute Gasteiger partial charge is 0.414 e. The molecule has 0 radical (unpaired) electrons. The van der Waals surface area contributed by atoms with Crippen LogP contribution in [0.25, 0.3) is 0 Å². The predicted molar refractivity (Wildman–Crippen MR) is 195 cm³/mol. The number of aryl methyl sites for hydroxylation is 1. The number of aromatic nitrogens is 2. The number of rotatable bonds is 9. The van der Waals surface area contributed by atoms with Crippen LogP contribution in [0.1, 0.15) is 74.3 Å². The van der Waals surface area contributed by atoms with Crippen LogP contribution in [0.5, 0.6) is 5.88 Å². The van der Waals surface area contributed by atoms with Gasteiger partial charge in [-0.3, -0.25) is 24.6 Å². The summed E-state index contributed by atoms with van der Waals surface area (Å²) in [6, 6.07) is 23.1. The zero-order valence-electron chi connectivity index (χ0n) is 30.0. The number of para-hydroxylation sites is 1. The van der Waals surface area contributed by atoms with E-state index >= 15 is 0 Å². The third-order valence-electron chi connectivity index (χ3n) is 7.78. The van der Waals surface area contributed by atoms with Crippen molar-refractivity contribution in [2.24, 2.45) is 0 Å². The number of amides is 3. The molecular formula is C40H41N5O7. The molecule has 1 aliphatic rings. The second-order valence-corrected chi connectivity index (χ2v) is 13.0. The molecule has 4 aromatic rings. The summed E-state index contributed by atoms with van der Waals surface area (Å²) in [6.45, 7) is 10.6. The molecule has 5 rings (SSSR count). The van der Waals surface area contributed by atoms with Gasteiger partial charge in [-0.1, -0.05) is 60.4 Å². The minimum atomic E-state index is -1.04. The zero-order valence-corrected chi connectivity index (χ0v) is 30.0. The van der Waals surface area contributed by atoms with Gasteiger partial charge in [0.05, 0.1) is 24.3 Å². The number of nitrogens with zero attached hydrogens (tertiary/aromatic N) is 4. The molecule has 3 amide bonds. The second kappa shape index (κ2) is 16.2. The Balaban J connectivity index is 1.48. The highest BCUT2D eigenvalue weighted by molar-refractivity contribution is 6.14. The van der Waals surface area contributed by atoms with E-state index in [0.29, 0.717) is 28.2 Å². The van der Waals surface area contributed by atoms with E-state index in [1.54, 1.807) is 95.0 Å². The monoisotopic (exact) mass is 703 g/mol. The lowest BCUT2D eigenvalue weighted by Gasteiger charge is -2.35. The summed E-state index contributed by atoms with van der Waals surface area (Å²) in [6.07, 6.45) is -0.802. The highest BCUT2D eigenvalue weighted by Gasteiger charge is 2.43. The normalized spacial score (nSPS) is 14.7. The van der Waals surface area contributed by atoms with Crippen molar-refractivity contribution in [3.05, 3.63) is 107 Å². The van der Waals surface area contributed by atoms with Crippen molar-refractivity contribution in [3.8, 4) is 17.7 Å². The van der Waals surface area contributed by atoms with Gasteiger partial charge in [0.25, 0.3) is 11.8 Å². The molecule has 2 unspecified atom stereocenters. The summed E-state index contributed by atoms with van der Waals surface area (Å²) in [5, 5.41) is 2.51. The van der Waals surface area contributed by atoms with E-state index in [0.717, 1.165) is 0 Å². The molecule has 12 heteroatoms. The average molecular weight is 704 g/mol. The summed E-state index contributed by atoms with van der Waals surface area (Å²) < 4.78 is 16.2. The van der Waals surface area contributed by atoms with Gasteiger partial charge in [0.1, 0.15) is 11.6 Å². The van der Waals surface area contributed by atoms with Crippen LogP contribution in [0.4, 0.5) is 22.1 Å². The molecule has 0 saturated carbocycles. The fraction of sp³-hybridized carbons (Fsp3) is 0.300. The van der Waals surface area contributed by atoms with Gasteiger partial charge in [-0.2, -0.15) is 4.98 Å². The lowest BCUT2D eigenvalue weighted by Crippen LogP contribution is -2.46. The fourth-order valence-corrected chi connectivity index (χ4v) is 5.70. The summed E-state index contributed by atoms with van der Waals surface area (Å²) >= 11 is 0. The minimum Gasteiger partial charge on any atom is -0.466 e. The van der Waals surface area contributed by atoms with Gasteiger partial charge in [-0.25, -0.2) is 9.78 Å². The maximum atomic E-state index is 14.7. The van der Waals surface area contributed by atoms with Crippen molar-refractivity contribution >= 4 is 41.2 Å². The highest BCUT2D eigenvalue weighted by Crippen LogP contribution is 2.40. The largest absolute Gasteiger partial charge is 0.466 e. The topological polar surface area (TPSA) is 140 Å². The van der Waals surface area contributed by atoms with Crippen LogP contribution in [0, 0.1) is 18.8 Å². The van der Waals surface area contributed by atoms with Crippen LogP contribution in [-0.2, 0) is 19.1 Å². The number of benzene rings is 3.